The summed E-state index contributed by atoms with van der Waals surface area (Å²) in [6.45, 7) is 8.92. The van der Waals surface area contributed by atoms with Gasteiger partial charge in [0.1, 0.15) is 6.04 Å². The molecule has 0 aromatic carbocycles. The van der Waals surface area contributed by atoms with Crippen molar-refractivity contribution in [1.82, 2.24) is 15.1 Å². The van der Waals surface area contributed by atoms with Gasteiger partial charge >= 0.3 is 0 Å². The van der Waals surface area contributed by atoms with Crippen molar-refractivity contribution in [3.05, 3.63) is 0 Å². The highest BCUT2D eigenvalue weighted by atomic mass is 16.2. The number of hydrogen-bond donors (Lipinski definition) is 1. The summed E-state index contributed by atoms with van der Waals surface area (Å²) in [5, 5.41) is 3.42. The molecular weight excluding hydrogens is 250 g/mol. The van der Waals surface area contributed by atoms with Crippen LogP contribution in [0, 0.1) is 11.3 Å². The number of nitrogens with one attached hydrogen (secondary N) is 1. The van der Waals surface area contributed by atoms with Crippen LogP contribution in [-0.2, 0) is 4.79 Å². The average Bonchev–Trinajstić information content (AvgIpc) is 3.25. The molecule has 1 saturated carbocycles. The number of carbonyl (C=O) groups is 1. The summed E-state index contributed by atoms with van der Waals surface area (Å²) in [5.74, 6) is 1.20. The highest BCUT2D eigenvalue weighted by molar-refractivity contribution is 5.86. The van der Waals surface area contributed by atoms with Crippen molar-refractivity contribution in [1.29, 1.82) is 0 Å². The Morgan fingerprint density at radius 2 is 2.00 bits per heavy atom. The predicted molar refractivity (Wildman–Crippen MR) is 78.4 cm³/mol. The quantitative estimate of drug-likeness (QED) is 0.785. The van der Waals surface area contributed by atoms with E-state index in [0.29, 0.717) is 23.4 Å². The second-order valence-electron chi connectivity index (χ2n) is 7.87. The van der Waals surface area contributed by atoms with Gasteiger partial charge in [-0.15, -0.1) is 0 Å². The second-order valence-corrected chi connectivity index (χ2v) is 7.87. The lowest BCUT2D eigenvalue weighted by Crippen LogP contribution is -2.65. The van der Waals surface area contributed by atoms with Gasteiger partial charge in [-0.05, 0) is 45.4 Å². The molecule has 4 heteroatoms. The molecule has 4 fully saturated rings. The summed E-state index contributed by atoms with van der Waals surface area (Å²) in [6.07, 6.45) is 5.16. The van der Waals surface area contributed by atoms with E-state index in [1.54, 1.807) is 0 Å². The first kappa shape index (κ1) is 13.1. The number of carbonyl (C=O) groups excluding carboxylic acids is 1. The fraction of sp³-hybridized carbons (Fsp3) is 0.938. The van der Waals surface area contributed by atoms with E-state index < -0.39 is 0 Å². The summed E-state index contributed by atoms with van der Waals surface area (Å²) in [7, 11) is 0. The summed E-state index contributed by atoms with van der Waals surface area (Å²) in [4.78, 5) is 17.3. The highest BCUT2D eigenvalue weighted by Crippen LogP contribution is 2.42. The van der Waals surface area contributed by atoms with Crippen LogP contribution in [0.15, 0.2) is 0 Å². The molecule has 1 amide bonds. The first-order valence-electron chi connectivity index (χ1n) is 8.37. The van der Waals surface area contributed by atoms with Crippen LogP contribution in [0.2, 0.25) is 0 Å². The van der Waals surface area contributed by atoms with Crippen LogP contribution in [0.1, 0.15) is 39.5 Å². The molecule has 3 saturated heterocycles. The topological polar surface area (TPSA) is 45.5 Å². The Morgan fingerprint density at radius 3 is 2.65 bits per heavy atom. The number of rotatable bonds is 3. The maximum absolute atomic E-state index is 12.6. The van der Waals surface area contributed by atoms with E-state index in [-0.39, 0.29) is 6.04 Å². The lowest BCUT2D eigenvalue weighted by atomic mass is 9.72. The first-order chi connectivity index (χ1) is 9.58. The Balaban J connectivity index is 1.34. The lowest BCUT2D eigenvalue weighted by molar-refractivity contribution is -0.140. The SMILES string of the molecule is CC(C)N1CC2(CCCN(C(=O)[C@@H]3N[C@H]3C3CC3)C2)C1. The molecule has 4 rings (SSSR count). The molecule has 20 heavy (non-hydrogen) atoms. The van der Waals surface area contributed by atoms with E-state index in [4.69, 9.17) is 0 Å². The maximum Gasteiger partial charge on any atom is 0.241 e. The van der Waals surface area contributed by atoms with Crippen molar-refractivity contribution in [2.24, 2.45) is 11.3 Å². The van der Waals surface area contributed by atoms with E-state index in [2.05, 4.69) is 29.0 Å². The number of hydrogen-bond acceptors (Lipinski definition) is 3. The molecule has 1 aliphatic carbocycles. The predicted octanol–water partition coefficient (Wildman–Crippen LogP) is 1.07. The molecule has 0 aromatic heterocycles. The van der Waals surface area contributed by atoms with Crippen LogP contribution < -0.4 is 5.32 Å². The Kier molecular flexibility index (Phi) is 2.90. The van der Waals surface area contributed by atoms with Crippen LogP contribution in [-0.4, -0.2) is 60.0 Å². The largest absolute Gasteiger partial charge is 0.341 e. The number of likely N-dealkylation sites (tertiary alicyclic amines) is 2. The van der Waals surface area contributed by atoms with E-state index in [1.807, 2.05) is 0 Å². The third kappa shape index (κ3) is 2.17. The van der Waals surface area contributed by atoms with E-state index in [9.17, 15) is 4.79 Å². The summed E-state index contributed by atoms with van der Waals surface area (Å²) >= 11 is 0. The molecule has 3 heterocycles. The number of amides is 1. The number of nitrogens with zero attached hydrogens (tertiary/aromatic N) is 2. The Hall–Kier alpha value is -0.610. The van der Waals surface area contributed by atoms with Gasteiger partial charge in [-0.3, -0.25) is 15.0 Å². The van der Waals surface area contributed by atoms with Crippen molar-refractivity contribution in [2.75, 3.05) is 26.2 Å². The normalized spacial score (nSPS) is 36.2. The van der Waals surface area contributed by atoms with Crippen molar-refractivity contribution < 1.29 is 4.79 Å². The minimum atomic E-state index is 0.166. The van der Waals surface area contributed by atoms with Crippen LogP contribution in [0.25, 0.3) is 0 Å². The highest BCUT2D eigenvalue weighted by Gasteiger charge is 2.54. The lowest BCUT2D eigenvalue weighted by Gasteiger charge is -2.56. The fourth-order valence-corrected chi connectivity index (χ4v) is 4.27. The van der Waals surface area contributed by atoms with Gasteiger partial charge in [-0.1, -0.05) is 0 Å². The van der Waals surface area contributed by atoms with Crippen LogP contribution in [0.3, 0.4) is 0 Å². The molecule has 3 aliphatic heterocycles. The first-order valence-corrected chi connectivity index (χ1v) is 8.37. The van der Waals surface area contributed by atoms with Gasteiger partial charge in [-0.2, -0.15) is 0 Å². The molecule has 0 unspecified atom stereocenters. The standard InChI is InChI=1S/C16H27N3O/c1-11(2)19-9-16(10-19)6-3-7-18(8-16)15(20)14-13(17-14)12-4-5-12/h11-14,17H,3-10H2,1-2H3/t13-,14+/m0/s1. The summed E-state index contributed by atoms with van der Waals surface area (Å²) in [6, 6.07) is 1.34. The van der Waals surface area contributed by atoms with Gasteiger partial charge < -0.3 is 4.90 Å². The zero-order chi connectivity index (χ0) is 13.9. The molecule has 0 aromatic rings. The minimum absolute atomic E-state index is 0.166. The average molecular weight is 277 g/mol. The molecule has 4 aliphatic rings. The minimum Gasteiger partial charge on any atom is -0.341 e. The molecule has 112 valence electrons. The molecular formula is C16H27N3O. The van der Waals surface area contributed by atoms with Crippen molar-refractivity contribution in [3.63, 3.8) is 0 Å². The van der Waals surface area contributed by atoms with Crippen LogP contribution >= 0.6 is 0 Å². The van der Waals surface area contributed by atoms with Gasteiger partial charge in [0, 0.05) is 43.7 Å². The molecule has 0 bridgehead atoms. The van der Waals surface area contributed by atoms with Crippen molar-refractivity contribution >= 4 is 5.91 Å². The van der Waals surface area contributed by atoms with E-state index >= 15 is 0 Å². The van der Waals surface area contributed by atoms with Crippen LogP contribution in [0.4, 0.5) is 0 Å². The molecule has 0 radical (unpaired) electrons. The summed E-state index contributed by atoms with van der Waals surface area (Å²) in [5.41, 5.74) is 0.419. The second kappa shape index (κ2) is 4.44. The van der Waals surface area contributed by atoms with Gasteiger partial charge in [-0.25, -0.2) is 0 Å². The van der Waals surface area contributed by atoms with Gasteiger partial charge in [0.2, 0.25) is 5.91 Å². The zero-order valence-corrected chi connectivity index (χ0v) is 12.8. The van der Waals surface area contributed by atoms with E-state index in [0.717, 1.165) is 19.0 Å². The summed E-state index contributed by atoms with van der Waals surface area (Å²) < 4.78 is 0. The number of piperidine rings is 1. The van der Waals surface area contributed by atoms with Gasteiger partial charge in [0.15, 0.2) is 0 Å². The third-order valence-electron chi connectivity index (χ3n) is 5.80. The van der Waals surface area contributed by atoms with E-state index in [1.165, 1.54) is 38.8 Å². The van der Waals surface area contributed by atoms with Gasteiger partial charge in [0.25, 0.3) is 0 Å². The fourth-order valence-electron chi connectivity index (χ4n) is 4.27. The van der Waals surface area contributed by atoms with Gasteiger partial charge in [0.05, 0.1) is 0 Å². The van der Waals surface area contributed by atoms with Crippen molar-refractivity contribution in [2.45, 2.75) is 57.7 Å². The zero-order valence-electron chi connectivity index (χ0n) is 12.8. The molecule has 2 atom stereocenters. The Morgan fingerprint density at radius 1 is 1.25 bits per heavy atom. The monoisotopic (exact) mass is 277 g/mol. The Labute approximate surface area is 121 Å². The maximum atomic E-state index is 12.6. The molecule has 1 N–H and O–H groups in total. The molecule has 4 nitrogen and oxygen atoms in total. The smallest absolute Gasteiger partial charge is 0.241 e. The van der Waals surface area contributed by atoms with Crippen LogP contribution in [0.5, 0.6) is 0 Å². The Bertz CT molecular complexity index is 412. The van der Waals surface area contributed by atoms with Crippen molar-refractivity contribution in [3.8, 4) is 0 Å². The molecule has 1 spiro atoms. The third-order valence-corrected chi connectivity index (χ3v) is 5.80.